The highest BCUT2D eigenvalue weighted by Crippen LogP contribution is 1.94. The minimum Gasteiger partial charge on any atom is -0.377 e. The molecular formula is C6H10N2O. The number of aromatic nitrogens is 2. The van der Waals surface area contributed by atoms with E-state index in [2.05, 4.69) is 10.2 Å². The van der Waals surface area contributed by atoms with Crippen LogP contribution in [0.2, 0.25) is 0 Å². The predicted molar refractivity (Wildman–Crippen MR) is 33.9 cm³/mol. The van der Waals surface area contributed by atoms with Gasteiger partial charge in [-0.3, -0.25) is 5.10 Å². The van der Waals surface area contributed by atoms with Crippen LogP contribution in [0.25, 0.3) is 0 Å². The molecule has 1 aromatic rings. The smallest absolute Gasteiger partial charge is 0.0747 e. The minimum atomic E-state index is 0.660. The molecular weight excluding hydrogens is 116 g/mol. The maximum Gasteiger partial charge on any atom is 0.0747 e. The van der Waals surface area contributed by atoms with E-state index >= 15 is 0 Å². The molecule has 0 bridgehead atoms. The van der Waals surface area contributed by atoms with Gasteiger partial charge in [0, 0.05) is 18.4 Å². The molecule has 3 heteroatoms. The van der Waals surface area contributed by atoms with Gasteiger partial charge in [-0.1, -0.05) is 0 Å². The first-order valence-electron chi connectivity index (χ1n) is 2.99. The van der Waals surface area contributed by atoms with Crippen LogP contribution in [0.5, 0.6) is 0 Å². The Kier molecular flexibility index (Phi) is 2.27. The maximum absolute atomic E-state index is 5.12. The lowest BCUT2D eigenvalue weighted by Gasteiger charge is -1.93. The summed E-state index contributed by atoms with van der Waals surface area (Å²) in [6.07, 6.45) is 3.59. The van der Waals surface area contributed by atoms with Crippen LogP contribution in [0.15, 0.2) is 12.4 Å². The number of H-pyrrole nitrogens is 1. The Labute approximate surface area is 54.0 Å². The first-order chi connectivity index (χ1) is 4.43. The lowest BCUT2D eigenvalue weighted by atomic mass is 10.4. The first-order valence-corrected chi connectivity index (χ1v) is 2.99. The largest absolute Gasteiger partial charge is 0.377 e. The van der Waals surface area contributed by atoms with Gasteiger partial charge in [0.2, 0.25) is 0 Å². The highest BCUT2D eigenvalue weighted by atomic mass is 16.5. The van der Waals surface area contributed by atoms with Gasteiger partial charge in [-0.05, 0) is 6.92 Å². The topological polar surface area (TPSA) is 37.9 Å². The van der Waals surface area contributed by atoms with Crippen molar-refractivity contribution >= 4 is 0 Å². The predicted octanol–water partition coefficient (Wildman–Crippen LogP) is 0.946. The average Bonchev–Trinajstić information content (AvgIpc) is 2.34. The molecule has 1 aromatic heterocycles. The van der Waals surface area contributed by atoms with Crippen molar-refractivity contribution in [1.29, 1.82) is 0 Å². The zero-order valence-corrected chi connectivity index (χ0v) is 5.42. The molecule has 0 saturated carbocycles. The molecule has 0 spiro atoms. The Hall–Kier alpha value is -0.830. The van der Waals surface area contributed by atoms with Crippen LogP contribution in [0.3, 0.4) is 0 Å². The van der Waals surface area contributed by atoms with E-state index in [1.54, 1.807) is 6.20 Å². The Morgan fingerprint density at radius 1 is 1.78 bits per heavy atom. The van der Waals surface area contributed by atoms with Crippen LogP contribution in [0, 0.1) is 0 Å². The minimum absolute atomic E-state index is 0.660. The van der Waals surface area contributed by atoms with Crippen LogP contribution < -0.4 is 0 Å². The fourth-order valence-electron chi connectivity index (χ4n) is 0.576. The van der Waals surface area contributed by atoms with Gasteiger partial charge in [0.05, 0.1) is 12.8 Å². The summed E-state index contributed by atoms with van der Waals surface area (Å²) >= 11 is 0. The summed E-state index contributed by atoms with van der Waals surface area (Å²) < 4.78 is 5.12. The van der Waals surface area contributed by atoms with Gasteiger partial charge >= 0.3 is 0 Å². The summed E-state index contributed by atoms with van der Waals surface area (Å²) in [7, 11) is 0. The molecule has 3 nitrogen and oxygen atoms in total. The molecule has 0 aliphatic carbocycles. The van der Waals surface area contributed by atoms with E-state index in [0.29, 0.717) is 6.61 Å². The van der Waals surface area contributed by atoms with Crippen molar-refractivity contribution in [3.8, 4) is 0 Å². The van der Waals surface area contributed by atoms with Gasteiger partial charge in [-0.2, -0.15) is 5.10 Å². The summed E-state index contributed by atoms with van der Waals surface area (Å²) in [5.74, 6) is 0. The standard InChI is InChI=1S/C6H10N2O/c1-2-9-5-6-3-7-8-4-6/h3-4H,2,5H2,1H3,(H,7,8). The van der Waals surface area contributed by atoms with E-state index in [4.69, 9.17) is 4.74 Å². The van der Waals surface area contributed by atoms with Crippen molar-refractivity contribution in [2.75, 3.05) is 6.61 Å². The highest BCUT2D eigenvalue weighted by molar-refractivity contribution is 4.99. The summed E-state index contributed by atoms with van der Waals surface area (Å²) in [5.41, 5.74) is 1.09. The summed E-state index contributed by atoms with van der Waals surface area (Å²) in [4.78, 5) is 0. The van der Waals surface area contributed by atoms with Gasteiger partial charge < -0.3 is 4.74 Å². The molecule has 0 unspecified atom stereocenters. The van der Waals surface area contributed by atoms with E-state index in [-0.39, 0.29) is 0 Å². The molecule has 0 fully saturated rings. The van der Waals surface area contributed by atoms with Gasteiger partial charge in [-0.15, -0.1) is 0 Å². The van der Waals surface area contributed by atoms with Crippen LogP contribution >= 0.6 is 0 Å². The Morgan fingerprint density at radius 2 is 2.67 bits per heavy atom. The van der Waals surface area contributed by atoms with Crippen LogP contribution in [-0.4, -0.2) is 16.8 Å². The number of hydrogen-bond acceptors (Lipinski definition) is 2. The Morgan fingerprint density at radius 3 is 3.22 bits per heavy atom. The second-order valence-electron chi connectivity index (χ2n) is 1.74. The fourth-order valence-corrected chi connectivity index (χ4v) is 0.576. The van der Waals surface area contributed by atoms with E-state index in [0.717, 1.165) is 12.2 Å². The summed E-state index contributed by atoms with van der Waals surface area (Å²) in [5, 5.41) is 6.48. The van der Waals surface area contributed by atoms with Gasteiger partial charge in [0.15, 0.2) is 0 Å². The first kappa shape index (κ1) is 6.29. The van der Waals surface area contributed by atoms with Crippen LogP contribution in [0.4, 0.5) is 0 Å². The number of nitrogens with one attached hydrogen (secondary N) is 1. The molecule has 0 aliphatic rings. The third kappa shape index (κ3) is 1.85. The van der Waals surface area contributed by atoms with E-state index in [9.17, 15) is 0 Å². The molecule has 0 saturated heterocycles. The molecule has 0 aromatic carbocycles. The van der Waals surface area contributed by atoms with Crippen molar-refractivity contribution < 1.29 is 4.74 Å². The molecule has 1 N–H and O–H groups in total. The van der Waals surface area contributed by atoms with Crippen LogP contribution in [-0.2, 0) is 11.3 Å². The Bertz CT molecular complexity index is 148. The number of hydrogen-bond donors (Lipinski definition) is 1. The highest BCUT2D eigenvalue weighted by Gasteiger charge is 1.89. The van der Waals surface area contributed by atoms with Crippen molar-refractivity contribution in [3.63, 3.8) is 0 Å². The fraction of sp³-hybridized carbons (Fsp3) is 0.500. The van der Waals surface area contributed by atoms with Gasteiger partial charge in [0.25, 0.3) is 0 Å². The maximum atomic E-state index is 5.12. The van der Waals surface area contributed by atoms with E-state index < -0.39 is 0 Å². The second kappa shape index (κ2) is 3.25. The molecule has 0 amide bonds. The molecule has 50 valence electrons. The number of ether oxygens (including phenoxy) is 1. The third-order valence-electron chi connectivity index (χ3n) is 1.03. The molecule has 0 radical (unpaired) electrons. The molecule has 0 aliphatic heterocycles. The third-order valence-corrected chi connectivity index (χ3v) is 1.03. The zero-order chi connectivity index (χ0) is 6.53. The average molecular weight is 126 g/mol. The monoisotopic (exact) mass is 126 g/mol. The SMILES string of the molecule is CCOCc1cn[nH]c1. The quantitative estimate of drug-likeness (QED) is 0.654. The summed E-state index contributed by atoms with van der Waals surface area (Å²) in [6.45, 7) is 3.39. The molecule has 0 atom stereocenters. The van der Waals surface area contributed by atoms with Crippen molar-refractivity contribution in [3.05, 3.63) is 18.0 Å². The van der Waals surface area contributed by atoms with Crippen molar-refractivity contribution in [2.45, 2.75) is 13.5 Å². The second-order valence-corrected chi connectivity index (χ2v) is 1.74. The van der Waals surface area contributed by atoms with Crippen LogP contribution in [0.1, 0.15) is 12.5 Å². The summed E-state index contributed by atoms with van der Waals surface area (Å²) in [6, 6.07) is 0. The van der Waals surface area contributed by atoms with Gasteiger partial charge in [-0.25, -0.2) is 0 Å². The number of nitrogens with zero attached hydrogens (tertiary/aromatic N) is 1. The van der Waals surface area contributed by atoms with E-state index in [1.807, 2.05) is 13.1 Å². The molecule has 1 rings (SSSR count). The number of rotatable bonds is 3. The lowest BCUT2D eigenvalue weighted by Crippen LogP contribution is -1.88. The molecule has 9 heavy (non-hydrogen) atoms. The van der Waals surface area contributed by atoms with Crippen molar-refractivity contribution in [2.24, 2.45) is 0 Å². The normalized spacial score (nSPS) is 9.89. The van der Waals surface area contributed by atoms with Crippen molar-refractivity contribution in [1.82, 2.24) is 10.2 Å². The van der Waals surface area contributed by atoms with Gasteiger partial charge in [0.1, 0.15) is 0 Å². The lowest BCUT2D eigenvalue weighted by molar-refractivity contribution is 0.134. The zero-order valence-electron chi connectivity index (χ0n) is 5.42. The van der Waals surface area contributed by atoms with E-state index in [1.165, 1.54) is 0 Å². The number of aromatic amines is 1. The Balaban J connectivity index is 2.30. The molecule has 1 heterocycles.